The molecule has 2 atom stereocenters. The van der Waals surface area contributed by atoms with Gasteiger partial charge in [0, 0.05) is 6.54 Å². The van der Waals surface area contributed by atoms with Crippen molar-refractivity contribution in [2.75, 3.05) is 19.0 Å². The number of rotatable bonds is 4. The second kappa shape index (κ2) is 6.43. The van der Waals surface area contributed by atoms with Crippen molar-refractivity contribution in [3.63, 3.8) is 0 Å². The van der Waals surface area contributed by atoms with E-state index in [-0.39, 0.29) is 12.1 Å². The molecule has 1 aromatic carbocycles. The highest BCUT2D eigenvalue weighted by atomic mass is 16.5. The molecule has 2 rings (SSSR count). The fourth-order valence-corrected chi connectivity index (χ4v) is 2.39. The van der Waals surface area contributed by atoms with Gasteiger partial charge in [-0.05, 0) is 37.3 Å². The average molecular weight is 264 g/mol. The lowest BCUT2D eigenvalue weighted by Crippen LogP contribution is -2.32. The molecule has 0 bridgehead atoms. The number of aliphatic hydroxyl groups is 1. The SMILES string of the molecule is COc1ccccc1NC(=O)NCC1CCC(O)C1. The molecule has 2 amide bonds. The molecule has 0 aromatic heterocycles. The summed E-state index contributed by atoms with van der Waals surface area (Å²) in [5.74, 6) is 1.01. The molecule has 5 nitrogen and oxygen atoms in total. The third-order valence-electron chi connectivity index (χ3n) is 3.42. The van der Waals surface area contributed by atoms with Crippen LogP contribution < -0.4 is 15.4 Å². The van der Waals surface area contributed by atoms with Gasteiger partial charge in [0.2, 0.25) is 0 Å². The van der Waals surface area contributed by atoms with Crippen molar-refractivity contribution in [2.45, 2.75) is 25.4 Å². The lowest BCUT2D eigenvalue weighted by Gasteiger charge is -2.13. The molecule has 2 unspecified atom stereocenters. The highest BCUT2D eigenvalue weighted by molar-refractivity contribution is 5.90. The Hall–Kier alpha value is -1.75. The van der Waals surface area contributed by atoms with Crippen molar-refractivity contribution in [3.8, 4) is 5.75 Å². The maximum absolute atomic E-state index is 11.8. The lowest BCUT2D eigenvalue weighted by molar-refractivity contribution is 0.177. The molecule has 0 spiro atoms. The van der Waals surface area contributed by atoms with Gasteiger partial charge >= 0.3 is 6.03 Å². The molecule has 0 aliphatic heterocycles. The zero-order chi connectivity index (χ0) is 13.7. The minimum Gasteiger partial charge on any atom is -0.495 e. The van der Waals surface area contributed by atoms with Crippen LogP contribution in [0.2, 0.25) is 0 Å². The monoisotopic (exact) mass is 264 g/mol. The highest BCUT2D eigenvalue weighted by Crippen LogP contribution is 2.25. The zero-order valence-electron chi connectivity index (χ0n) is 11.1. The number of hydrogen-bond acceptors (Lipinski definition) is 3. The fraction of sp³-hybridized carbons (Fsp3) is 0.500. The van der Waals surface area contributed by atoms with E-state index >= 15 is 0 Å². The summed E-state index contributed by atoms with van der Waals surface area (Å²) in [7, 11) is 1.57. The number of urea groups is 1. The number of anilines is 1. The summed E-state index contributed by atoms with van der Waals surface area (Å²) in [5, 5.41) is 15.0. The third kappa shape index (κ3) is 3.86. The van der Waals surface area contributed by atoms with Crippen LogP contribution in [-0.4, -0.2) is 30.9 Å². The molecular formula is C14H20N2O3. The van der Waals surface area contributed by atoms with Crippen LogP contribution in [-0.2, 0) is 0 Å². The number of aliphatic hydroxyl groups excluding tert-OH is 1. The van der Waals surface area contributed by atoms with Crippen LogP contribution in [0.1, 0.15) is 19.3 Å². The van der Waals surface area contributed by atoms with Crippen molar-refractivity contribution in [1.29, 1.82) is 0 Å². The molecule has 0 radical (unpaired) electrons. The second-order valence-corrected chi connectivity index (χ2v) is 4.87. The molecule has 3 N–H and O–H groups in total. The van der Waals surface area contributed by atoms with Crippen LogP contribution in [0.15, 0.2) is 24.3 Å². The van der Waals surface area contributed by atoms with E-state index in [2.05, 4.69) is 10.6 Å². The maximum Gasteiger partial charge on any atom is 0.319 e. The van der Waals surface area contributed by atoms with E-state index < -0.39 is 0 Å². The zero-order valence-corrected chi connectivity index (χ0v) is 11.1. The summed E-state index contributed by atoms with van der Waals surface area (Å²) in [6.07, 6.45) is 2.37. The van der Waals surface area contributed by atoms with Crippen LogP contribution in [0, 0.1) is 5.92 Å². The van der Waals surface area contributed by atoms with Gasteiger partial charge in [-0.3, -0.25) is 0 Å². The first-order chi connectivity index (χ1) is 9.19. The predicted octanol–water partition coefficient (Wildman–Crippen LogP) is 1.98. The van der Waals surface area contributed by atoms with Crippen molar-refractivity contribution in [2.24, 2.45) is 5.92 Å². The van der Waals surface area contributed by atoms with E-state index in [1.807, 2.05) is 12.1 Å². The number of para-hydroxylation sites is 2. The quantitative estimate of drug-likeness (QED) is 0.778. The predicted molar refractivity (Wildman–Crippen MR) is 73.4 cm³/mol. The first kappa shape index (κ1) is 13.7. The summed E-state index contributed by atoms with van der Waals surface area (Å²) in [6, 6.07) is 7.03. The molecule has 1 aliphatic carbocycles. The van der Waals surface area contributed by atoms with Crippen LogP contribution in [0.5, 0.6) is 5.75 Å². The van der Waals surface area contributed by atoms with Gasteiger partial charge in [0.25, 0.3) is 0 Å². The molecule has 0 heterocycles. The van der Waals surface area contributed by atoms with Crippen LogP contribution in [0.3, 0.4) is 0 Å². The van der Waals surface area contributed by atoms with Crippen molar-refractivity contribution in [1.82, 2.24) is 5.32 Å². The lowest BCUT2D eigenvalue weighted by atomic mass is 10.1. The summed E-state index contributed by atoms with van der Waals surface area (Å²) in [5.41, 5.74) is 0.647. The van der Waals surface area contributed by atoms with Crippen LogP contribution in [0.25, 0.3) is 0 Å². The normalized spacial score (nSPS) is 22.0. The molecule has 19 heavy (non-hydrogen) atoms. The Morgan fingerprint density at radius 1 is 1.42 bits per heavy atom. The minimum absolute atomic E-state index is 0.205. The van der Waals surface area contributed by atoms with Crippen LogP contribution in [0.4, 0.5) is 10.5 Å². The van der Waals surface area contributed by atoms with E-state index in [0.717, 1.165) is 19.3 Å². The van der Waals surface area contributed by atoms with Crippen molar-refractivity contribution < 1.29 is 14.6 Å². The Morgan fingerprint density at radius 2 is 2.21 bits per heavy atom. The molecule has 1 fully saturated rings. The Labute approximate surface area is 113 Å². The third-order valence-corrected chi connectivity index (χ3v) is 3.42. The van der Waals surface area contributed by atoms with E-state index in [9.17, 15) is 9.90 Å². The number of nitrogens with one attached hydrogen (secondary N) is 2. The van der Waals surface area contributed by atoms with Crippen molar-refractivity contribution >= 4 is 11.7 Å². The summed E-state index contributed by atoms with van der Waals surface area (Å²) < 4.78 is 5.16. The fourth-order valence-electron chi connectivity index (χ4n) is 2.39. The van der Waals surface area contributed by atoms with Gasteiger partial charge in [0.15, 0.2) is 0 Å². The number of benzene rings is 1. The largest absolute Gasteiger partial charge is 0.495 e. The number of carbonyl (C=O) groups is 1. The van der Waals surface area contributed by atoms with E-state index in [0.29, 0.717) is 23.9 Å². The summed E-state index contributed by atoms with van der Waals surface area (Å²) >= 11 is 0. The van der Waals surface area contributed by atoms with Crippen LogP contribution >= 0.6 is 0 Å². The second-order valence-electron chi connectivity index (χ2n) is 4.87. The van der Waals surface area contributed by atoms with E-state index in [4.69, 9.17) is 4.74 Å². The number of hydrogen-bond donors (Lipinski definition) is 3. The van der Waals surface area contributed by atoms with Gasteiger partial charge in [0.05, 0.1) is 18.9 Å². The Kier molecular flexibility index (Phi) is 4.63. The minimum atomic E-state index is -0.245. The van der Waals surface area contributed by atoms with Gasteiger partial charge in [-0.2, -0.15) is 0 Å². The average Bonchev–Trinajstić information content (AvgIpc) is 2.83. The topological polar surface area (TPSA) is 70.6 Å². The smallest absolute Gasteiger partial charge is 0.319 e. The first-order valence-electron chi connectivity index (χ1n) is 6.55. The van der Waals surface area contributed by atoms with E-state index in [1.165, 1.54) is 0 Å². The molecule has 1 aromatic rings. The first-order valence-corrected chi connectivity index (χ1v) is 6.55. The number of ether oxygens (including phenoxy) is 1. The maximum atomic E-state index is 11.8. The van der Waals surface area contributed by atoms with Gasteiger partial charge in [-0.25, -0.2) is 4.79 Å². The van der Waals surface area contributed by atoms with Gasteiger partial charge in [-0.1, -0.05) is 12.1 Å². The molecule has 0 saturated heterocycles. The van der Waals surface area contributed by atoms with Gasteiger partial charge in [0.1, 0.15) is 5.75 Å². The van der Waals surface area contributed by atoms with Crippen molar-refractivity contribution in [3.05, 3.63) is 24.3 Å². The number of methoxy groups -OCH3 is 1. The number of carbonyl (C=O) groups excluding carboxylic acids is 1. The van der Waals surface area contributed by atoms with Gasteiger partial charge < -0.3 is 20.5 Å². The molecule has 1 aliphatic rings. The molecule has 1 saturated carbocycles. The Morgan fingerprint density at radius 3 is 2.89 bits per heavy atom. The number of amides is 2. The van der Waals surface area contributed by atoms with Gasteiger partial charge in [-0.15, -0.1) is 0 Å². The molecular weight excluding hydrogens is 244 g/mol. The highest BCUT2D eigenvalue weighted by Gasteiger charge is 2.22. The summed E-state index contributed by atoms with van der Waals surface area (Å²) in [4.78, 5) is 11.8. The molecule has 5 heteroatoms. The Bertz CT molecular complexity index is 436. The summed E-state index contributed by atoms with van der Waals surface area (Å²) in [6.45, 7) is 0.595. The van der Waals surface area contributed by atoms with E-state index in [1.54, 1.807) is 19.2 Å². The Balaban J connectivity index is 1.81. The standard InChI is InChI=1S/C14H20N2O3/c1-19-13-5-3-2-4-12(13)16-14(18)15-9-10-6-7-11(17)8-10/h2-5,10-11,17H,6-9H2,1H3,(H2,15,16,18). The molecule has 104 valence electrons.